The average Bonchev–Trinajstić information content (AvgIpc) is 2.52. The Kier molecular flexibility index (Phi) is 6.74. The second kappa shape index (κ2) is 8.58. The third kappa shape index (κ3) is 5.56. The number of rotatable bonds is 8. The summed E-state index contributed by atoms with van der Waals surface area (Å²) in [7, 11) is -3.35. The molecule has 1 aromatic rings. The standard InChI is InChI=1S/C17H25FN2O3S/c1-2-10-24(22,23)19-13-16(20-9-4-3-8-17(20)21)12-14-6-5-7-15(18)11-14/h5-7,11,16,19H,2-4,8-10,12-13H2,1H3. The lowest BCUT2D eigenvalue weighted by molar-refractivity contribution is -0.135. The fraction of sp³-hybridized carbons (Fsp3) is 0.588. The molecule has 1 aliphatic rings. The van der Waals surface area contributed by atoms with Crippen LogP contribution in [0.2, 0.25) is 0 Å². The van der Waals surface area contributed by atoms with Gasteiger partial charge in [0, 0.05) is 25.6 Å². The highest BCUT2D eigenvalue weighted by Gasteiger charge is 2.27. The topological polar surface area (TPSA) is 66.5 Å². The van der Waals surface area contributed by atoms with Crippen molar-refractivity contribution in [2.45, 2.75) is 45.1 Å². The zero-order valence-corrected chi connectivity index (χ0v) is 14.8. The summed E-state index contributed by atoms with van der Waals surface area (Å²) < 4.78 is 39.9. The van der Waals surface area contributed by atoms with Crippen LogP contribution in [0.1, 0.15) is 38.2 Å². The van der Waals surface area contributed by atoms with E-state index in [0.717, 1.165) is 18.4 Å². The number of likely N-dealkylation sites (tertiary alicyclic amines) is 1. The van der Waals surface area contributed by atoms with Crippen molar-refractivity contribution >= 4 is 15.9 Å². The van der Waals surface area contributed by atoms with Gasteiger partial charge in [0.25, 0.3) is 0 Å². The first-order valence-electron chi connectivity index (χ1n) is 8.42. The Morgan fingerprint density at radius 2 is 2.12 bits per heavy atom. The van der Waals surface area contributed by atoms with E-state index in [1.807, 2.05) is 0 Å². The van der Waals surface area contributed by atoms with Gasteiger partial charge in [-0.05, 0) is 43.4 Å². The highest BCUT2D eigenvalue weighted by molar-refractivity contribution is 7.89. The van der Waals surface area contributed by atoms with Gasteiger partial charge in [-0.1, -0.05) is 19.1 Å². The second-order valence-electron chi connectivity index (χ2n) is 6.20. The smallest absolute Gasteiger partial charge is 0.222 e. The van der Waals surface area contributed by atoms with Crippen LogP contribution in [0.15, 0.2) is 24.3 Å². The van der Waals surface area contributed by atoms with Crippen molar-refractivity contribution in [3.05, 3.63) is 35.6 Å². The number of benzene rings is 1. The number of nitrogens with zero attached hydrogens (tertiary/aromatic N) is 1. The molecule has 1 aromatic carbocycles. The zero-order chi connectivity index (χ0) is 17.6. The first-order chi connectivity index (χ1) is 11.4. The van der Waals surface area contributed by atoms with Crippen LogP contribution in [-0.2, 0) is 21.2 Å². The van der Waals surface area contributed by atoms with Crippen molar-refractivity contribution in [2.24, 2.45) is 0 Å². The lowest BCUT2D eigenvalue weighted by Gasteiger charge is -2.35. The number of halogens is 1. The van der Waals surface area contributed by atoms with E-state index >= 15 is 0 Å². The molecule has 0 radical (unpaired) electrons. The van der Waals surface area contributed by atoms with E-state index < -0.39 is 10.0 Å². The summed E-state index contributed by atoms with van der Waals surface area (Å²) in [6.07, 6.45) is 3.22. The van der Waals surface area contributed by atoms with E-state index in [4.69, 9.17) is 0 Å². The summed E-state index contributed by atoms with van der Waals surface area (Å²) in [5, 5.41) is 0. The molecule has 1 aliphatic heterocycles. The normalized spacial score (nSPS) is 17.1. The van der Waals surface area contributed by atoms with E-state index in [0.29, 0.717) is 25.8 Å². The highest BCUT2D eigenvalue weighted by atomic mass is 32.2. The van der Waals surface area contributed by atoms with Crippen LogP contribution in [0.4, 0.5) is 4.39 Å². The van der Waals surface area contributed by atoms with Crippen LogP contribution in [0.25, 0.3) is 0 Å². The maximum Gasteiger partial charge on any atom is 0.222 e. The van der Waals surface area contributed by atoms with Gasteiger partial charge in [-0.2, -0.15) is 0 Å². The van der Waals surface area contributed by atoms with Crippen molar-refractivity contribution in [1.82, 2.24) is 9.62 Å². The molecule has 0 spiro atoms. The van der Waals surface area contributed by atoms with Crippen LogP contribution < -0.4 is 4.72 Å². The Bertz CT molecular complexity index is 664. The molecule has 7 heteroatoms. The molecule has 1 amide bonds. The van der Waals surface area contributed by atoms with Gasteiger partial charge in [0.2, 0.25) is 15.9 Å². The molecular formula is C17H25FN2O3S. The fourth-order valence-corrected chi connectivity index (χ4v) is 4.13. The summed E-state index contributed by atoms with van der Waals surface area (Å²) in [6.45, 7) is 2.58. The monoisotopic (exact) mass is 356 g/mol. The SMILES string of the molecule is CCCS(=O)(=O)NCC(Cc1cccc(F)c1)N1CCCCC1=O. The van der Waals surface area contributed by atoms with Crippen LogP contribution in [0.5, 0.6) is 0 Å². The van der Waals surface area contributed by atoms with Crippen LogP contribution in [0, 0.1) is 5.82 Å². The summed E-state index contributed by atoms with van der Waals surface area (Å²) in [4.78, 5) is 14.0. The number of amides is 1. The quantitative estimate of drug-likeness (QED) is 0.775. The number of nitrogens with one attached hydrogen (secondary N) is 1. The maximum atomic E-state index is 13.4. The van der Waals surface area contributed by atoms with Gasteiger partial charge in [0.15, 0.2) is 0 Å². The Balaban J connectivity index is 2.13. The predicted octanol–water partition coefficient (Wildman–Crippen LogP) is 2.08. The van der Waals surface area contributed by atoms with Crippen molar-refractivity contribution in [3.63, 3.8) is 0 Å². The lowest BCUT2D eigenvalue weighted by Crippen LogP contribution is -2.50. The van der Waals surface area contributed by atoms with Gasteiger partial charge in [0.05, 0.1) is 5.75 Å². The van der Waals surface area contributed by atoms with E-state index in [9.17, 15) is 17.6 Å². The van der Waals surface area contributed by atoms with Crippen molar-refractivity contribution in [3.8, 4) is 0 Å². The number of hydrogen-bond acceptors (Lipinski definition) is 3. The van der Waals surface area contributed by atoms with Crippen molar-refractivity contribution < 1.29 is 17.6 Å². The van der Waals surface area contributed by atoms with Crippen LogP contribution >= 0.6 is 0 Å². The largest absolute Gasteiger partial charge is 0.338 e. The molecular weight excluding hydrogens is 331 g/mol. The minimum Gasteiger partial charge on any atom is -0.338 e. The number of hydrogen-bond donors (Lipinski definition) is 1. The van der Waals surface area contributed by atoms with Gasteiger partial charge in [-0.3, -0.25) is 4.79 Å². The molecule has 0 bridgehead atoms. The van der Waals surface area contributed by atoms with Gasteiger partial charge < -0.3 is 4.90 Å². The summed E-state index contributed by atoms with van der Waals surface area (Å²) in [5.74, 6) is -0.228. The predicted molar refractivity (Wildman–Crippen MR) is 91.5 cm³/mol. The minimum absolute atomic E-state index is 0.0392. The van der Waals surface area contributed by atoms with Gasteiger partial charge in [0.1, 0.15) is 5.82 Å². The van der Waals surface area contributed by atoms with E-state index in [1.54, 1.807) is 24.0 Å². The van der Waals surface area contributed by atoms with Gasteiger partial charge in [-0.15, -0.1) is 0 Å². The Morgan fingerprint density at radius 3 is 2.79 bits per heavy atom. The Morgan fingerprint density at radius 1 is 1.33 bits per heavy atom. The highest BCUT2D eigenvalue weighted by Crippen LogP contribution is 2.17. The molecule has 1 N–H and O–H groups in total. The van der Waals surface area contributed by atoms with Gasteiger partial charge in [-0.25, -0.2) is 17.5 Å². The van der Waals surface area contributed by atoms with Crippen molar-refractivity contribution in [1.29, 1.82) is 0 Å². The van der Waals surface area contributed by atoms with Crippen LogP contribution in [-0.4, -0.2) is 44.1 Å². The van der Waals surface area contributed by atoms with E-state index in [1.165, 1.54) is 12.1 Å². The average molecular weight is 356 g/mol. The number of carbonyl (C=O) groups is 1. The van der Waals surface area contributed by atoms with Crippen molar-refractivity contribution in [2.75, 3.05) is 18.8 Å². The molecule has 1 unspecified atom stereocenters. The summed E-state index contributed by atoms with van der Waals surface area (Å²) in [5.41, 5.74) is 0.757. The minimum atomic E-state index is -3.35. The first kappa shape index (κ1) is 18.9. The summed E-state index contributed by atoms with van der Waals surface area (Å²) in [6, 6.07) is 5.92. The molecule has 0 aromatic heterocycles. The summed E-state index contributed by atoms with van der Waals surface area (Å²) >= 11 is 0. The lowest BCUT2D eigenvalue weighted by atomic mass is 10.0. The van der Waals surface area contributed by atoms with Gasteiger partial charge >= 0.3 is 0 Å². The molecule has 1 heterocycles. The Hall–Kier alpha value is -1.47. The van der Waals surface area contributed by atoms with Crippen LogP contribution in [0.3, 0.4) is 0 Å². The molecule has 1 atom stereocenters. The number of sulfonamides is 1. The molecule has 2 rings (SSSR count). The Labute approximate surface area is 143 Å². The fourth-order valence-electron chi connectivity index (χ4n) is 3.01. The third-order valence-corrected chi connectivity index (χ3v) is 5.73. The molecule has 1 fully saturated rings. The molecule has 0 saturated carbocycles. The zero-order valence-electron chi connectivity index (χ0n) is 14.0. The molecule has 1 saturated heterocycles. The van der Waals surface area contributed by atoms with E-state index in [2.05, 4.69) is 4.72 Å². The second-order valence-corrected chi connectivity index (χ2v) is 8.13. The molecule has 0 aliphatic carbocycles. The number of piperidine rings is 1. The first-order valence-corrected chi connectivity index (χ1v) is 10.1. The maximum absolute atomic E-state index is 13.4. The molecule has 5 nitrogen and oxygen atoms in total. The number of carbonyl (C=O) groups excluding carboxylic acids is 1. The van der Waals surface area contributed by atoms with E-state index in [-0.39, 0.29) is 30.1 Å². The molecule has 134 valence electrons. The third-order valence-electron chi connectivity index (χ3n) is 4.17. The molecule has 24 heavy (non-hydrogen) atoms.